The van der Waals surface area contributed by atoms with Crippen LogP contribution in [0, 0.1) is 0 Å². The Morgan fingerprint density at radius 2 is 2.13 bits per heavy atom. The number of rotatable bonds is 4. The van der Waals surface area contributed by atoms with Gasteiger partial charge in [-0.3, -0.25) is 9.47 Å². The number of carbonyl (C=O) groups excluding carboxylic acids is 1. The van der Waals surface area contributed by atoms with Gasteiger partial charge in [0.2, 0.25) is 5.91 Å². The number of carbonyl (C=O) groups is 1. The van der Waals surface area contributed by atoms with Crippen molar-refractivity contribution in [2.45, 2.75) is 6.42 Å². The van der Waals surface area contributed by atoms with Gasteiger partial charge in [-0.25, -0.2) is 0 Å². The van der Waals surface area contributed by atoms with Crippen LogP contribution in [0.1, 0.15) is 6.42 Å². The summed E-state index contributed by atoms with van der Waals surface area (Å²) in [6.07, 6.45) is 2.28. The minimum Gasteiger partial charge on any atom is -0.370 e. The zero-order valence-corrected chi connectivity index (χ0v) is 8.31. The maximum Gasteiger partial charge on any atom is 0.219 e. The summed E-state index contributed by atoms with van der Waals surface area (Å²) in [6, 6.07) is 10.1. The Balaban J connectivity index is 2.11. The summed E-state index contributed by atoms with van der Waals surface area (Å²) in [4.78, 5) is 10.6. The number of primary amides is 1. The number of hydrogen-bond donors (Lipinski definition) is 2. The van der Waals surface area contributed by atoms with Crippen LogP contribution < -0.4 is 11.2 Å². The molecule has 78 valence electrons. The number of benzene rings is 1. The first-order chi connectivity index (χ1) is 7.27. The summed E-state index contributed by atoms with van der Waals surface area (Å²) < 4.78 is 1.90. The summed E-state index contributed by atoms with van der Waals surface area (Å²) in [7, 11) is 0. The van der Waals surface area contributed by atoms with Gasteiger partial charge in [0.1, 0.15) is 0 Å². The third-order valence-electron chi connectivity index (χ3n) is 2.25. The predicted molar refractivity (Wildman–Crippen MR) is 60.0 cm³/mol. The number of para-hydroxylation sites is 1. The molecular formula is C11H13N3O. The molecule has 1 aromatic carbocycles. The summed E-state index contributed by atoms with van der Waals surface area (Å²) in [6.45, 7) is 0.550. The Morgan fingerprint density at radius 3 is 2.93 bits per heavy atom. The van der Waals surface area contributed by atoms with Gasteiger partial charge in [-0.05, 0) is 12.1 Å². The second-order valence-electron chi connectivity index (χ2n) is 3.37. The Morgan fingerprint density at radius 1 is 1.33 bits per heavy atom. The fourth-order valence-corrected chi connectivity index (χ4v) is 1.52. The molecule has 2 aromatic rings. The molecule has 0 aliphatic heterocycles. The zero-order chi connectivity index (χ0) is 10.7. The lowest BCUT2D eigenvalue weighted by atomic mass is 10.3. The molecule has 0 aliphatic carbocycles. The van der Waals surface area contributed by atoms with Crippen LogP contribution in [0.5, 0.6) is 0 Å². The number of nitrogens with one attached hydrogen (secondary N) is 1. The Kier molecular flexibility index (Phi) is 2.58. The lowest BCUT2D eigenvalue weighted by Gasteiger charge is -2.07. The largest absolute Gasteiger partial charge is 0.370 e. The van der Waals surface area contributed by atoms with Crippen LogP contribution in [0.25, 0.3) is 10.9 Å². The van der Waals surface area contributed by atoms with Crippen molar-refractivity contribution >= 4 is 16.8 Å². The van der Waals surface area contributed by atoms with Gasteiger partial charge in [-0.15, -0.1) is 0 Å². The van der Waals surface area contributed by atoms with Crippen LogP contribution in [-0.4, -0.2) is 17.1 Å². The molecule has 0 bridgehead atoms. The monoisotopic (exact) mass is 203 g/mol. The fraction of sp³-hybridized carbons (Fsp3) is 0.182. The lowest BCUT2D eigenvalue weighted by molar-refractivity contribution is -0.117. The number of fused-ring (bicyclic) bond motifs is 1. The molecule has 4 heteroatoms. The van der Waals surface area contributed by atoms with Gasteiger partial charge in [0, 0.05) is 24.5 Å². The Hall–Kier alpha value is -1.97. The average molecular weight is 203 g/mol. The first kappa shape index (κ1) is 9.58. The molecule has 0 saturated heterocycles. The molecule has 4 nitrogen and oxygen atoms in total. The van der Waals surface area contributed by atoms with E-state index in [0.717, 1.165) is 5.52 Å². The van der Waals surface area contributed by atoms with Gasteiger partial charge in [0.25, 0.3) is 0 Å². The van der Waals surface area contributed by atoms with Crippen LogP contribution in [0.2, 0.25) is 0 Å². The van der Waals surface area contributed by atoms with Gasteiger partial charge in [0.05, 0.1) is 5.52 Å². The molecule has 0 aliphatic rings. The highest BCUT2D eigenvalue weighted by molar-refractivity contribution is 5.80. The second-order valence-corrected chi connectivity index (χ2v) is 3.37. The van der Waals surface area contributed by atoms with E-state index in [2.05, 4.69) is 5.43 Å². The van der Waals surface area contributed by atoms with Crippen LogP contribution in [0.4, 0.5) is 0 Å². The molecule has 0 unspecified atom stereocenters. The highest BCUT2D eigenvalue weighted by atomic mass is 16.1. The number of hydrogen-bond acceptors (Lipinski definition) is 2. The first-order valence-corrected chi connectivity index (χ1v) is 4.85. The van der Waals surface area contributed by atoms with Crippen LogP contribution in [-0.2, 0) is 4.79 Å². The molecule has 0 radical (unpaired) electrons. The zero-order valence-electron chi connectivity index (χ0n) is 8.31. The number of amides is 1. The summed E-state index contributed by atoms with van der Waals surface area (Å²) >= 11 is 0. The highest BCUT2D eigenvalue weighted by Crippen LogP contribution is 2.13. The second kappa shape index (κ2) is 4.04. The van der Waals surface area contributed by atoms with Gasteiger partial charge in [-0.1, -0.05) is 18.2 Å². The van der Waals surface area contributed by atoms with Crippen molar-refractivity contribution in [2.24, 2.45) is 5.73 Å². The van der Waals surface area contributed by atoms with E-state index in [4.69, 9.17) is 5.73 Å². The molecule has 0 saturated carbocycles. The first-order valence-electron chi connectivity index (χ1n) is 4.85. The van der Waals surface area contributed by atoms with Crippen LogP contribution in [0.15, 0.2) is 36.5 Å². The predicted octanol–water partition coefficient (Wildman–Crippen LogP) is 1.06. The molecular weight excluding hydrogens is 190 g/mol. The van der Waals surface area contributed by atoms with E-state index in [9.17, 15) is 4.79 Å². The molecule has 0 spiro atoms. The lowest BCUT2D eigenvalue weighted by Crippen LogP contribution is -2.21. The van der Waals surface area contributed by atoms with E-state index in [0.29, 0.717) is 13.0 Å². The standard InChI is InChI=1S/C11H13N3O/c12-11(15)5-7-13-14-8-6-9-3-1-2-4-10(9)14/h1-4,6,8,13H,5,7H2,(H2,12,15). The van der Waals surface area contributed by atoms with Crippen molar-refractivity contribution < 1.29 is 4.79 Å². The van der Waals surface area contributed by atoms with E-state index in [1.807, 2.05) is 41.2 Å². The maximum atomic E-state index is 10.6. The van der Waals surface area contributed by atoms with Crippen molar-refractivity contribution in [3.05, 3.63) is 36.5 Å². The normalized spacial score (nSPS) is 10.4. The molecule has 1 aromatic heterocycles. The molecule has 1 heterocycles. The van der Waals surface area contributed by atoms with Crippen molar-refractivity contribution in [3.63, 3.8) is 0 Å². The van der Waals surface area contributed by atoms with Crippen molar-refractivity contribution in [2.75, 3.05) is 12.0 Å². The van der Waals surface area contributed by atoms with Gasteiger partial charge in [-0.2, -0.15) is 0 Å². The number of nitrogens with two attached hydrogens (primary N) is 1. The number of aromatic nitrogens is 1. The highest BCUT2D eigenvalue weighted by Gasteiger charge is 1.99. The topological polar surface area (TPSA) is 60.1 Å². The molecule has 0 fully saturated rings. The SMILES string of the molecule is NC(=O)CCNn1ccc2ccccc21. The van der Waals surface area contributed by atoms with E-state index in [1.165, 1.54) is 5.39 Å². The quantitative estimate of drug-likeness (QED) is 0.780. The van der Waals surface area contributed by atoms with Gasteiger partial charge >= 0.3 is 0 Å². The summed E-state index contributed by atoms with van der Waals surface area (Å²) in [5.74, 6) is -0.293. The third kappa shape index (κ3) is 2.10. The summed E-state index contributed by atoms with van der Waals surface area (Å²) in [5.41, 5.74) is 9.27. The maximum absolute atomic E-state index is 10.6. The Labute approximate surface area is 87.6 Å². The van der Waals surface area contributed by atoms with Crippen LogP contribution >= 0.6 is 0 Å². The van der Waals surface area contributed by atoms with Crippen LogP contribution in [0.3, 0.4) is 0 Å². The van der Waals surface area contributed by atoms with E-state index in [-0.39, 0.29) is 5.91 Å². The molecule has 3 N–H and O–H groups in total. The fourth-order valence-electron chi connectivity index (χ4n) is 1.52. The summed E-state index contributed by atoms with van der Waals surface area (Å²) in [5, 5.41) is 1.17. The molecule has 2 rings (SSSR count). The van der Waals surface area contributed by atoms with E-state index in [1.54, 1.807) is 0 Å². The molecule has 1 amide bonds. The van der Waals surface area contributed by atoms with Crippen molar-refractivity contribution in [1.29, 1.82) is 0 Å². The van der Waals surface area contributed by atoms with Gasteiger partial charge < -0.3 is 11.2 Å². The molecule has 15 heavy (non-hydrogen) atoms. The van der Waals surface area contributed by atoms with Crippen molar-refractivity contribution in [1.82, 2.24) is 4.68 Å². The Bertz CT molecular complexity index is 475. The minimum atomic E-state index is -0.293. The molecule has 0 atom stereocenters. The van der Waals surface area contributed by atoms with Crippen molar-refractivity contribution in [3.8, 4) is 0 Å². The average Bonchev–Trinajstić information content (AvgIpc) is 2.62. The van der Waals surface area contributed by atoms with Gasteiger partial charge in [0.15, 0.2) is 0 Å². The number of nitrogens with zero attached hydrogens (tertiary/aromatic N) is 1. The minimum absolute atomic E-state index is 0.293. The smallest absolute Gasteiger partial charge is 0.219 e. The van der Waals surface area contributed by atoms with E-state index >= 15 is 0 Å². The van der Waals surface area contributed by atoms with E-state index < -0.39 is 0 Å². The third-order valence-corrected chi connectivity index (χ3v) is 2.25.